The van der Waals surface area contributed by atoms with E-state index in [1.165, 1.54) is 0 Å². The molecule has 0 aliphatic rings. The molecule has 3 nitrogen and oxygen atoms in total. The molecule has 0 aliphatic carbocycles. The molecule has 0 N–H and O–H groups in total. The van der Waals surface area contributed by atoms with Crippen molar-refractivity contribution in [3.05, 3.63) is 0 Å². The Morgan fingerprint density at radius 2 is 1.92 bits per heavy atom. The lowest BCUT2D eigenvalue weighted by atomic mass is 10.00. The lowest BCUT2D eigenvalue weighted by molar-refractivity contribution is -0.153. The average molecular weight is 186 g/mol. The van der Waals surface area contributed by atoms with Crippen molar-refractivity contribution in [1.29, 1.82) is 0 Å². The summed E-state index contributed by atoms with van der Waals surface area (Å²) in [6.07, 6.45) is 2.33. The van der Waals surface area contributed by atoms with Crippen molar-refractivity contribution in [2.75, 3.05) is 6.61 Å². The van der Waals surface area contributed by atoms with Gasteiger partial charge in [0.05, 0.1) is 6.61 Å². The normalized spacial score (nSPS) is 12.2. The van der Waals surface area contributed by atoms with Gasteiger partial charge in [0.25, 0.3) is 0 Å². The molecule has 13 heavy (non-hydrogen) atoms. The standard InChI is InChI=1S/C10H18O3/c1-4-6-8(3)7-9(11)10(12)13-5-2/h8H,4-7H2,1-3H3. The maximum Gasteiger partial charge on any atom is 0.374 e. The van der Waals surface area contributed by atoms with Crippen molar-refractivity contribution < 1.29 is 14.3 Å². The summed E-state index contributed by atoms with van der Waals surface area (Å²) in [5, 5.41) is 0. The highest BCUT2D eigenvalue weighted by Gasteiger charge is 2.17. The molecule has 0 aromatic carbocycles. The van der Waals surface area contributed by atoms with Gasteiger partial charge < -0.3 is 4.74 Å². The number of ketones is 1. The van der Waals surface area contributed by atoms with E-state index in [4.69, 9.17) is 0 Å². The molecule has 0 aromatic rings. The lowest BCUT2D eigenvalue weighted by Crippen LogP contribution is -2.19. The third-order valence-corrected chi connectivity index (χ3v) is 1.82. The number of carbonyl (C=O) groups excluding carboxylic acids is 2. The predicted octanol–water partition coefficient (Wildman–Crippen LogP) is 1.94. The van der Waals surface area contributed by atoms with E-state index in [2.05, 4.69) is 11.7 Å². The highest BCUT2D eigenvalue weighted by Crippen LogP contribution is 2.10. The van der Waals surface area contributed by atoms with E-state index in [1.54, 1.807) is 6.92 Å². The highest BCUT2D eigenvalue weighted by molar-refractivity contribution is 6.33. The molecule has 1 atom stereocenters. The van der Waals surface area contributed by atoms with Gasteiger partial charge in [-0.3, -0.25) is 4.79 Å². The van der Waals surface area contributed by atoms with Crippen molar-refractivity contribution in [3.63, 3.8) is 0 Å². The Balaban J connectivity index is 3.78. The van der Waals surface area contributed by atoms with Gasteiger partial charge in [0.2, 0.25) is 5.78 Å². The molecule has 0 fully saturated rings. The summed E-state index contributed by atoms with van der Waals surface area (Å²) >= 11 is 0. The van der Waals surface area contributed by atoms with Crippen LogP contribution in [0, 0.1) is 5.92 Å². The summed E-state index contributed by atoms with van der Waals surface area (Å²) in [6, 6.07) is 0. The van der Waals surface area contributed by atoms with Gasteiger partial charge in [-0.2, -0.15) is 0 Å². The summed E-state index contributed by atoms with van der Waals surface area (Å²) in [6.45, 7) is 6.00. The molecule has 0 saturated heterocycles. The van der Waals surface area contributed by atoms with Crippen LogP contribution in [0.3, 0.4) is 0 Å². The average Bonchev–Trinajstić information content (AvgIpc) is 2.05. The Bertz CT molecular complexity index is 175. The number of hydrogen-bond donors (Lipinski definition) is 0. The van der Waals surface area contributed by atoms with Crippen LogP contribution in [0.25, 0.3) is 0 Å². The van der Waals surface area contributed by atoms with Gasteiger partial charge in [-0.15, -0.1) is 0 Å². The smallest absolute Gasteiger partial charge is 0.374 e. The van der Waals surface area contributed by atoms with Gasteiger partial charge in [-0.05, 0) is 12.8 Å². The van der Waals surface area contributed by atoms with Crippen molar-refractivity contribution in [2.24, 2.45) is 5.92 Å². The first kappa shape index (κ1) is 12.1. The second-order valence-corrected chi connectivity index (χ2v) is 3.24. The van der Waals surface area contributed by atoms with Crippen LogP contribution in [-0.4, -0.2) is 18.4 Å². The number of esters is 1. The summed E-state index contributed by atoms with van der Waals surface area (Å²) < 4.78 is 4.59. The van der Waals surface area contributed by atoms with Crippen LogP contribution in [0.5, 0.6) is 0 Å². The van der Waals surface area contributed by atoms with E-state index < -0.39 is 11.8 Å². The van der Waals surface area contributed by atoms with Gasteiger partial charge in [0.1, 0.15) is 0 Å². The molecule has 0 spiro atoms. The third kappa shape index (κ3) is 5.39. The van der Waals surface area contributed by atoms with Crippen LogP contribution in [0.15, 0.2) is 0 Å². The maximum absolute atomic E-state index is 11.1. The molecular formula is C10H18O3. The van der Waals surface area contributed by atoms with Crippen molar-refractivity contribution in [1.82, 2.24) is 0 Å². The van der Waals surface area contributed by atoms with E-state index in [9.17, 15) is 9.59 Å². The zero-order valence-corrected chi connectivity index (χ0v) is 8.63. The SMILES string of the molecule is CCCC(C)CC(=O)C(=O)OCC. The molecule has 3 heteroatoms. The fourth-order valence-electron chi connectivity index (χ4n) is 1.21. The van der Waals surface area contributed by atoms with E-state index >= 15 is 0 Å². The Kier molecular flexibility index (Phi) is 6.20. The zero-order valence-electron chi connectivity index (χ0n) is 8.63. The van der Waals surface area contributed by atoms with Gasteiger partial charge in [-0.25, -0.2) is 4.79 Å². The van der Waals surface area contributed by atoms with Gasteiger partial charge in [-0.1, -0.05) is 26.7 Å². The van der Waals surface area contributed by atoms with Crippen molar-refractivity contribution in [2.45, 2.75) is 40.0 Å². The van der Waals surface area contributed by atoms with Crippen LogP contribution in [-0.2, 0) is 14.3 Å². The Morgan fingerprint density at radius 1 is 1.31 bits per heavy atom. The van der Waals surface area contributed by atoms with Crippen molar-refractivity contribution >= 4 is 11.8 Å². The van der Waals surface area contributed by atoms with E-state index in [0.717, 1.165) is 12.8 Å². The van der Waals surface area contributed by atoms with Crippen LogP contribution in [0.1, 0.15) is 40.0 Å². The molecule has 0 saturated carbocycles. The first-order chi connectivity index (χ1) is 6.11. The quantitative estimate of drug-likeness (QED) is 0.470. The largest absolute Gasteiger partial charge is 0.460 e. The topological polar surface area (TPSA) is 43.4 Å². The maximum atomic E-state index is 11.1. The molecule has 0 amide bonds. The highest BCUT2D eigenvalue weighted by atomic mass is 16.5. The second kappa shape index (κ2) is 6.63. The van der Waals surface area contributed by atoms with Crippen LogP contribution in [0.2, 0.25) is 0 Å². The first-order valence-electron chi connectivity index (χ1n) is 4.81. The second-order valence-electron chi connectivity index (χ2n) is 3.24. The van der Waals surface area contributed by atoms with E-state index in [1.807, 2.05) is 6.92 Å². The molecule has 0 bridgehead atoms. The van der Waals surface area contributed by atoms with E-state index in [-0.39, 0.29) is 12.5 Å². The summed E-state index contributed by atoms with van der Waals surface area (Å²) in [5.41, 5.74) is 0. The number of hydrogen-bond acceptors (Lipinski definition) is 3. The lowest BCUT2D eigenvalue weighted by Gasteiger charge is -2.07. The molecule has 0 aromatic heterocycles. The summed E-state index contributed by atoms with van der Waals surface area (Å²) in [4.78, 5) is 22.1. The predicted molar refractivity (Wildman–Crippen MR) is 50.3 cm³/mol. The summed E-state index contributed by atoms with van der Waals surface area (Å²) in [5.74, 6) is -0.810. The number of Topliss-reactive ketones (excluding diaryl/α,β-unsaturated/α-hetero) is 1. The molecule has 76 valence electrons. The number of rotatable bonds is 6. The third-order valence-electron chi connectivity index (χ3n) is 1.82. The number of ether oxygens (including phenoxy) is 1. The Labute approximate surface area is 79.5 Å². The number of carbonyl (C=O) groups is 2. The molecule has 1 unspecified atom stereocenters. The van der Waals surface area contributed by atoms with Crippen LogP contribution in [0.4, 0.5) is 0 Å². The molecule has 0 aliphatic heterocycles. The zero-order chi connectivity index (χ0) is 10.3. The van der Waals surface area contributed by atoms with Gasteiger partial charge in [0, 0.05) is 6.42 Å². The van der Waals surface area contributed by atoms with Crippen LogP contribution >= 0.6 is 0 Å². The van der Waals surface area contributed by atoms with Crippen LogP contribution < -0.4 is 0 Å². The minimum Gasteiger partial charge on any atom is -0.460 e. The molecular weight excluding hydrogens is 168 g/mol. The minimum absolute atomic E-state index is 0.271. The molecule has 0 rings (SSSR count). The van der Waals surface area contributed by atoms with Gasteiger partial charge in [0.15, 0.2) is 0 Å². The van der Waals surface area contributed by atoms with Gasteiger partial charge >= 0.3 is 5.97 Å². The summed E-state index contributed by atoms with van der Waals surface area (Å²) in [7, 11) is 0. The first-order valence-corrected chi connectivity index (χ1v) is 4.81. The minimum atomic E-state index is -0.689. The van der Waals surface area contributed by atoms with Crippen molar-refractivity contribution in [3.8, 4) is 0 Å². The molecule has 0 heterocycles. The molecule has 0 radical (unpaired) electrons. The fraction of sp³-hybridized carbons (Fsp3) is 0.800. The Morgan fingerprint density at radius 3 is 2.38 bits per heavy atom. The Hall–Kier alpha value is -0.860. The monoisotopic (exact) mass is 186 g/mol. The fourth-order valence-corrected chi connectivity index (χ4v) is 1.21. The van der Waals surface area contributed by atoms with E-state index in [0.29, 0.717) is 6.42 Å².